The van der Waals surface area contributed by atoms with Crippen LogP contribution in [0.3, 0.4) is 0 Å². The highest BCUT2D eigenvalue weighted by Crippen LogP contribution is 2.27. The van der Waals surface area contributed by atoms with Gasteiger partial charge in [-0.15, -0.1) is 0 Å². The standard InChI is InChI=1S/C21H25ClFN3O/c1-6-25(4)13-24-19-10-14(2)17(9-15(19)3)21(27)12-26(5)20-11-16(23)7-8-18(20)22/h7-11,13H,6,12H2,1-5H3. The van der Waals surface area contributed by atoms with Gasteiger partial charge in [0.25, 0.3) is 0 Å². The van der Waals surface area contributed by atoms with Crippen molar-refractivity contribution >= 4 is 35.1 Å². The number of benzene rings is 2. The van der Waals surface area contributed by atoms with Crippen molar-refractivity contribution in [3.63, 3.8) is 0 Å². The van der Waals surface area contributed by atoms with Crippen molar-refractivity contribution in [1.82, 2.24) is 4.90 Å². The fraction of sp³-hybridized carbons (Fsp3) is 0.333. The molecule has 0 saturated carbocycles. The number of anilines is 1. The smallest absolute Gasteiger partial charge is 0.182 e. The van der Waals surface area contributed by atoms with E-state index in [0.29, 0.717) is 16.3 Å². The third kappa shape index (κ3) is 5.30. The maximum Gasteiger partial charge on any atom is 0.182 e. The predicted molar refractivity (Wildman–Crippen MR) is 111 cm³/mol. The zero-order valence-electron chi connectivity index (χ0n) is 16.4. The van der Waals surface area contributed by atoms with E-state index in [0.717, 1.165) is 23.4 Å². The van der Waals surface area contributed by atoms with Gasteiger partial charge in [0.2, 0.25) is 0 Å². The van der Waals surface area contributed by atoms with Crippen LogP contribution in [0, 0.1) is 19.7 Å². The van der Waals surface area contributed by atoms with Crippen molar-refractivity contribution < 1.29 is 9.18 Å². The molecule has 2 aromatic carbocycles. The maximum atomic E-state index is 13.5. The first-order valence-corrected chi connectivity index (χ1v) is 9.15. The largest absolute Gasteiger partial charge is 0.366 e. The van der Waals surface area contributed by atoms with Gasteiger partial charge in [0.1, 0.15) is 5.82 Å². The summed E-state index contributed by atoms with van der Waals surface area (Å²) in [4.78, 5) is 20.9. The van der Waals surface area contributed by atoms with Gasteiger partial charge in [0.05, 0.1) is 29.3 Å². The van der Waals surface area contributed by atoms with E-state index in [-0.39, 0.29) is 18.1 Å². The Morgan fingerprint density at radius 3 is 2.56 bits per heavy atom. The van der Waals surface area contributed by atoms with Crippen molar-refractivity contribution in [2.24, 2.45) is 4.99 Å². The summed E-state index contributed by atoms with van der Waals surface area (Å²) in [6.45, 7) is 6.84. The molecule has 0 aliphatic heterocycles. The van der Waals surface area contributed by atoms with E-state index in [9.17, 15) is 9.18 Å². The van der Waals surface area contributed by atoms with Crippen LogP contribution < -0.4 is 4.90 Å². The second-order valence-electron chi connectivity index (χ2n) is 6.65. The van der Waals surface area contributed by atoms with Crippen molar-refractivity contribution in [1.29, 1.82) is 0 Å². The molecule has 0 N–H and O–H groups in total. The Morgan fingerprint density at radius 1 is 1.19 bits per heavy atom. The Morgan fingerprint density at radius 2 is 1.89 bits per heavy atom. The van der Waals surface area contributed by atoms with Crippen LogP contribution in [0.4, 0.5) is 15.8 Å². The van der Waals surface area contributed by atoms with Crippen molar-refractivity contribution in [2.75, 3.05) is 32.1 Å². The number of aliphatic imine (C=N–C) groups is 1. The van der Waals surface area contributed by atoms with E-state index in [1.807, 2.05) is 44.9 Å². The number of rotatable bonds is 7. The molecule has 0 spiro atoms. The van der Waals surface area contributed by atoms with Gasteiger partial charge in [0.15, 0.2) is 5.78 Å². The molecule has 144 valence electrons. The molecule has 4 nitrogen and oxygen atoms in total. The zero-order chi connectivity index (χ0) is 20.1. The number of Topliss-reactive ketones (excluding diaryl/α,β-unsaturated/α-hetero) is 1. The predicted octanol–water partition coefficient (Wildman–Crippen LogP) is 5.03. The van der Waals surface area contributed by atoms with Gasteiger partial charge in [-0.2, -0.15) is 0 Å². The summed E-state index contributed by atoms with van der Waals surface area (Å²) < 4.78 is 13.5. The number of carbonyl (C=O) groups is 1. The Bertz CT molecular complexity index is 867. The monoisotopic (exact) mass is 389 g/mol. The molecule has 2 rings (SSSR count). The average molecular weight is 390 g/mol. The summed E-state index contributed by atoms with van der Waals surface area (Å²) in [5.74, 6) is -0.445. The summed E-state index contributed by atoms with van der Waals surface area (Å²) in [5, 5.41) is 0.407. The third-order valence-corrected chi connectivity index (χ3v) is 4.76. The topological polar surface area (TPSA) is 35.9 Å². The van der Waals surface area contributed by atoms with E-state index < -0.39 is 0 Å². The first-order chi connectivity index (χ1) is 12.7. The zero-order valence-corrected chi connectivity index (χ0v) is 17.1. The van der Waals surface area contributed by atoms with E-state index in [1.54, 1.807) is 18.3 Å². The molecule has 0 atom stereocenters. The molecule has 0 radical (unpaired) electrons. The van der Waals surface area contributed by atoms with Crippen LogP contribution in [0.25, 0.3) is 0 Å². The second-order valence-corrected chi connectivity index (χ2v) is 7.05. The highest BCUT2D eigenvalue weighted by atomic mass is 35.5. The minimum absolute atomic E-state index is 0.0559. The Labute approximate surface area is 165 Å². The normalized spacial score (nSPS) is 11.1. The van der Waals surface area contributed by atoms with Crippen molar-refractivity contribution in [3.05, 3.63) is 57.9 Å². The highest BCUT2D eigenvalue weighted by molar-refractivity contribution is 6.33. The lowest BCUT2D eigenvalue weighted by Gasteiger charge is -2.20. The molecular formula is C21H25ClFN3O. The average Bonchev–Trinajstić information content (AvgIpc) is 2.63. The summed E-state index contributed by atoms with van der Waals surface area (Å²) >= 11 is 6.13. The molecule has 0 fully saturated rings. The fourth-order valence-electron chi connectivity index (χ4n) is 2.65. The molecule has 0 heterocycles. The summed E-state index contributed by atoms with van der Waals surface area (Å²) in [6.07, 6.45) is 1.78. The van der Waals surface area contributed by atoms with Gasteiger partial charge >= 0.3 is 0 Å². The number of aryl methyl sites for hydroxylation is 2. The number of nitrogens with zero attached hydrogens (tertiary/aromatic N) is 3. The van der Waals surface area contributed by atoms with E-state index in [4.69, 9.17) is 11.6 Å². The molecule has 27 heavy (non-hydrogen) atoms. The van der Waals surface area contributed by atoms with Gasteiger partial charge in [-0.05, 0) is 62.2 Å². The number of carbonyl (C=O) groups excluding carboxylic acids is 1. The lowest BCUT2D eigenvalue weighted by molar-refractivity contribution is 0.0999. The molecule has 0 aromatic heterocycles. The van der Waals surface area contributed by atoms with E-state index >= 15 is 0 Å². The molecule has 0 aliphatic rings. The fourth-order valence-corrected chi connectivity index (χ4v) is 2.91. The van der Waals surface area contributed by atoms with E-state index in [1.165, 1.54) is 18.2 Å². The Hall–Kier alpha value is -2.40. The van der Waals surface area contributed by atoms with Gasteiger partial charge < -0.3 is 9.80 Å². The van der Waals surface area contributed by atoms with Crippen LogP contribution in [-0.4, -0.2) is 44.2 Å². The SMILES string of the molecule is CCN(C)C=Nc1cc(C)c(C(=O)CN(C)c2cc(F)ccc2Cl)cc1C. The van der Waals surface area contributed by atoms with E-state index in [2.05, 4.69) is 4.99 Å². The molecule has 0 bridgehead atoms. The minimum Gasteiger partial charge on any atom is -0.366 e. The molecule has 6 heteroatoms. The van der Waals surface area contributed by atoms with Crippen molar-refractivity contribution in [2.45, 2.75) is 20.8 Å². The van der Waals surface area contributed by atoms with Crippen LogP contribution in [0.2, 0.25) is 5.02 Å². The van der Waals surface area contributed by atoms with Crippen LogP contribution in [0.5, 0.6) is 0 Å². The number of likely N-dealkylation sites (N-methyl/N-ethyl adjacent to an activating group) is 1. The Kier molecular flexibility index (Phi) is 6.97. The second kappa shape index (κ2) is 9.00. The van der Waals surface area contributed by atoms with Gasteiger partial charge in [-0.1, -0.05) is 11.6 Å². The van der Waals surface area contributed by atoms with Crippen LogP contribution >= 0.6 is 11.6 Å². The summed E-state index contributed by atoms with van der Waals surface area (Å²) in [6, 6.07) is 7.89. The molecule has 0 aliphatic carbocycles. The van der Waals surface area contributed by atoms with Crippen LogP contribution in [-0.2, 0) is 0 Å². The molecule has 0 amide bonds. The van der Waals surface area contributed by atoms with Crippen LogP contribution in [0.15, 0.2) is 35.3 Å². The van der Waals surface area contributed by atoms with Gasteiger partial charge in [0, 0.05) is 26.2 Å². The van der Waals surface area contributed by atoms with Gasteiger partial charge in [-0.3, -0.25) is 4.79 Å². The number of hydrogen-bond acceptors (Lipinski definition) is 3. The quantitative estimate of drug-likeness (QED) is 0.378. The first-order valence-electron chi connectivity index (χ1n) is 8.78. The number of ketones is 1. The Balaban J connectivity index is 2.22. The third-order valence-electron chi connectivity index (χ3n) is 4.44. The molecule has 0 unspecified atom stereocenters. The number of halogens is 2. The summed E-state index contributed by atoms with van der Waals surface area (Å²) in [5.41, 5.74) is 3.75. The molecule has 2 aromatic rings. The minimum atomic E-state index is -0.389. The lowest BCUT2D eigenvalue weighted by atomic mass is 10.00. The highest BCUT2D eigenvalue weighted by Gasteiger charge is 2.16. The van der Waals surface area contributed by atoms with Crippen LogP contribution in [0.1, 0.15) is 28.4 Å². The number of hydrogen-bond donors (Lipinski definition) is 0. The molecular weight excluding hydrogens is 365 g/mol. The first kappa shape index (κ1) is 20.9. The van der Waals surface area contributed by atoms with Gasteiger partial charge in [-0.25, -0.2) is 9.38 Å². The van der Waals surface area contributed by atoms with Crippen molar-refractivity contribution in [3.8, 4) is 0 Å². The maximum absolute atomic E-state index is 13.5. The lowest BCUT2D eigenvalue weighted by Crippen LogP contribution is -2.26. The molecule has 0 saturated heterocycles. The summed E-state index contributed by atoms with van der Waals surface area (Å²) in [7, 11) is 3.68.